The van der Waals surface area contributed by atoms with Crippen LogP contribution in [-0.4, -0.2) is 46.6 Å². The van der Waals surface area contributed by atoms with Crippen molar-refractivity contribution in [3.8, 4) is 0 Å². The fourth-order valence-corrected chi connectivity index (χ4v) is 10.6. The quantitative estimate of drug-likeness (QED) is 0.148. The van der Waals surface area contributed by atoms with Gasteiger partial charge in [0.05, 0.1) is 18.3 Å². The standard InChI is InChI=1S/C33H42N2O4Si2/c1-26(38-41(33(2,3)4,28-19-13-9-14-20-28)29-21-15-10-16-22-29)23-34-31(39-40(5,6)7)24-35-30(25-37-32(35)36)27-17-11-8-12-18-27/h8-24,26,30H,25H2,1-7H3/b31-24+,34-23+/t26-,30+/m0/s1. The van der Waals surface area contributed by atoms with Crippen molar-refractivity contribution in [3.05, 3.63) is 109 Å². The summed E-state index contributed by atoms with van der Waals surface area (Å²) in [6.07, 6.45) is 2.73. The first-order valence-corrected chi connectivity index (χ1v) is 19.5. The van der Waals surface area contributed by atoms with Gasteiger partial charge >= 0.3 is 6.09 Å². The van der Waals surface area contributed by atoms with Gasteiger partial charge in [0.25, 0.3) is 8.32 Å². The van der Waals surface area contributed by atoms with E-state index in [4.69, 9.17) is 18.6 Å². The lowest BCUT2D eigenvalue weighted by Gasteiger charge is -2.44. The largest absolute Gasteiger partial charge is 0.530 e. The molecule has 0 radical (unpaired) electrons. The van der Waals surface area contributed by atoms with Gasteiger partial charge in [0.2, 0.25) is 14.2 Å². The van der Waals surface area contributed by atoms with Crippen LogP contribution in [0.2, 0.25) is 24.7 Å². The SMILES string of the molecule is C[C@@H](/C=N/C(=C\N1C(=O)OC[C@@H]1c1ccccc1)O[Si](C)(C)C)O[Si](c1ccccc1)(c1ccccc1)C(C)(C)C. The summed E-state index contributed by atoms with van der Waals surface area (Å²) in [5, 5.41) is 2.25. The molecule has 0 unspecified atom stereocenters. The Bertz CT molecular complexity index is 1310. The van der Waals surface area contributed by atoms with Crippen molar-refractivity contribution in [2.45, 2.75) is 64.5 Å². The fourth-order valence-electron chi connectivity index (χ4n) is 5.20. The number of carbonyl (C=O) groups excluding carboxylic acids is 1. The van der Waals surface area contributed by atoms with Crippen LogP contribution in [-0.2, 0) is 13.6 Å². The zero-order valence-corrected chi connectivity index (χ0v) is 27.2. The van der Waals surface area contributed by atoms with Gasteiger partial charge in [0, 0.05) is 6.21 Å². The number of benzene rings is 3. The fraction of sp³-hybridized carbons (Fsp3) is 0.333. The monoisotopic (exact) mass is 586 g/mol. The highest BCUT2D eigenvalue weighted by molar-refractivity contribution is 6.99. The summed E-state index contributed by atoms with van der Waals surface area (Å²) in [4.78, 5) is 19.1. The number of cyclic esters (lactones) is 1. The molecule has 1 aliphatic heterocycles. The Kier molecular flexibility index (Phi) is 9.36. The summed E-state index contributed by atoms with van der Waals surface area (Å²) in [5.74, 6) is 0.377. The molecule has 0 aromatic heterocycles. The highest BCUT2D eigenvalue weighted by atomic mass is 28.4. The zero-order valence-electron chi connectivity index (χ0n) is 25.2. The van der Waals surface area contributed by atoms with E-state index in [1.165, 1.54) is 10.4 Å². The molecule has 41 heavy (non-hydrogen) atoms. The molecule has 8 heteroatoms. The van der Waals surface area contributed by atoms with E-state index in [9.17, 15) is 4.79 Å². The number of aliphatic imine (C=N–C) groups is 1. The van der Waals surface area contributed by atoms with Gasteiger partial charge in [-0.15, -0.1) is 0 Å². The molecular formula is C33H42N2O4Si2. The third-order valence-electron chi connectivity index (χ3n) is 6.95. The first kappa shape index (κ1) is 30.5. The lowest BCUT2D eigenvalue weighted by Crippen LogP contribution is -2.67. The van der Waals surface area contributed by atoms with E-state index < -0.39 is 22.7 Å². The van der Waals surface area contributed by atoms with E-state index in [1.54, 1.807) is 17.3 Å². The first-order chi connectivity index (χ1) is 19.4. The topological polar surface area (TPSA) is 60.4 Å². The van der Waals surface area contributed by atoms with E-state index >= 15 is 0 Å². The molecule has 3 aromatic carbocycles. The Morgan fingerprint density at radius 2 is 1.44 bits per heavy atom. The van der Waals surface area contributed by atoms with Crippen LogP contribution >= 0.6 is 0 Å². The van der Waals surface area contributed by atoms with E-state index in [1.807, 2.05) is 49.4 Å². The van der Waals surface area contributed by atoms with Crippen molar-refractivity contribution in [2.75, 3.05) is 6.61 Å². The third-order valence-corrected chi connectivity index (χ3v) is 12.9. The first-order valence-electron chi connectivity index (χ1n) is 14.1. The van der Waals surface area contributed by atoms with Crippen molar-refractivity contribution < 1.29 is 18.4 Å². The normalized spacial score (nSPS) is 17.5. The van der Waals surface area contributed by atoms with Crippen LogP contribution in [0.5, 0.6) is 0 Å². The molecule has 0 bridgehead atoms. The lowest BCUT2D eigenvalue weighted by molar-refractivity contribution is 0.165. The van der Waals surface area contributed by atoms with Crippen LogP contribution < -0.4 is 10.4 Å². The summed E-state index contributed by atoms with van der Waals surface area (Å²) in [5.41, 5.74) is 0.995. The van der Waals surface area contributed by atoms with E-state index in [0.717, 1.165) is 5.56 Å². The second-order valence-corrected chi connectivity index (χ2v) is 21.0. The Labute approximate surface area is 246 Å². The summed E-state index contributed by atoms with van der Waals surface area (Å²) < 4.78 is 18.9. The van der Waals surface area contributed by atoms with Crippen molar-refractivity contribution >= 4 is 39.3 Å². The molecule has 3 aromatic rings. The number of nitrogens with zero attached hydrogens (tertiary/aromatic N) is 2. The second kappa shape index (κ2) is 12.6. The Morgan fingerprint density at radius 3 is 1.93 bits per heavy atom. The van der Waals surface area contributed by atoms with Crippen molar-refractivity contribution in [2.24, 2.45) is 4.99 Å². The average Bonchev–Trinajstić information content (AvgIpc) is 3.30. The molecule has 0 saturated carbocycles. The highest BCUT2D eigenvalue weighted by Crippen LogP contribution is 2.37. The summed E-state index contributed by atoms with van der Waals surface area (Å²) >= 11 is 0. The maximum Gasteiger partial charge on any atom is 0.414 e. The minimum atomic E-state index is -2.76. The van der Waals surface area contributed by atoms with Crippen LogP contribution in [0.4, 0.5) is 4.79 Å². The summed E-state index contributed by atoms with van der Waals surface area (Å²) in [6.45, 7) is 15.3. The van der Waals surface area contributed by atoms with E-state index in [2.05, 4.69) is 88.9 Å². The maximum atomic E-state index is 12.8. The van der Waals surface area contributed by atoms with Gasteiger partial charge in [0.15, 0.2) is 0 Å². The van der Waals surface area contributed by atoms with Crippen LogP contribution in [0.15, 0.2) is 108 Å². The molecule has 0 N–H and O–H groups in total. The van der Waals surface area contributed by atoms with Crippen LogP contribution in [0.1, 0.15) is 39.3 Å². The Morgan fingerprint density at radius 1 is 0.927 bits per heavy atom. The number of carbonyl (C=O) groups is 1. The van der Waals surface area contributed by atoms with Gasteiger partial charge in [-0.3, -0.25) is 4.90 Å². The van der Waals surface area contributed by atoms with Crippen molar-refractivity contribution in [1.29, 1.82) is 0 Å². The van der Waals surface area contributed by atoms with E-state index in [0.29, 0.717) is 5.88 Å². The second-order valence-electron chi connectivity index (χ2n) is 12.4. The van der Waals surface area contributed by atoms with Gasteiger partial charge in [-0.1, -0.05) is 112 Å². The number of hydrogen-bond acceptors (Lipinski definition) is 5. The minimum Gasteiger partial charge on any atom is -0.530 e. The average molecular weight is 587 g/mol. The zero-order chi connectivity index (χ0) is 29.7. The molecular weight excluding hydrogens is 545 g/mol. The summed E-state index contributed by atoms with van der Waals surface area (Å²) in [7, 11) is -4.82. The predicted molar refractivity (Wildman–Crippen MR) is 172 cm³/mol. The molecule has 1 aliphatic rings. The van der Waals surface area contributed by atoms with Crippen molar-refractivity contribution in [3.63, 3.8) is 0 Å². The summed E-state index contributed by atoms with van der Waals surface area (Å²) in [6, 6.07) is 30.7. The molecule has 0 spiro atoms. The third kappa shape index (κ3) is 7.25. The van der Waals surface area contributed by atoms with Crippen LogP contribution in [0, 0.1) is 0 Å². The number of amides is 1. The smallest absolute Gasteiger partial charge is 0.414 e. The predicted octanol–water partition coefficient (Wildman–Crippen LogP) is 6.87. The highest BCUT2D eigenvalue weighted by Gasteiger charge is 2.51. The van der Waals surface area contributed by atoms with Crippen LogP contribution in [0.3, 0.4) is 0 Å². The molecule has 4 rings (SSSR count). The molecule has 6 nitrogen and oxygen atoms in total. The Hall–Kier alpha value is -3.47. The molecule has 1 fully saturated rings. The van der Waals surface area contributed by atoms with Crippen molar-refractivity contribution in [1.82, 2.24) is 4.90 Å². The van der Waals surface area contributed by atoms with Gasteiger partial charge in [-0.25, -0.2) is 9.79 Å². The van der Waals surface area contributed by atoms with Gasteiger partial charge in [-0.2, -0.15) is 0 Å². The van der Waals surface area contributed by atoms with E-state index in [-0.39, 0.29) is 23.8 Å². The molecule has 216 valence electrons. The molecule has 2 atom stereocenters. The number of ether oxygens (including phenoxy) is 1. The van der Waals surface area contributed by atoms with Gasteiger partial charge in [0.1, 0.15) is 6.61 Å². The Balaban J connectivity index is 1.70. The molecule has 1 heterocycles. The molecule has 1 saturated heterocycles. The van der Waals surface area contributed by atoms with Crippen LogP contribution in [0.25, 0.3) is 0 Å². The molecule has 0 aliphatic carbocycles. The minimum absolute atomic E-state index is 0.159. The van der Waals surface area contributed by atoms with Gasteiger partial charge in [-0.05, 0) is 47.5 Å². The molecule has 1 amide bonds. The lowest BCUT2D eigenvalue weighted by atomic mass is 10.1. The van der Waals surface area contributed by atoms with Gasteiger partial charge < -0.3 is 13.6 Å². The maximum absolute atomic E-state index is 12.8. The number of hydrogen-bond donors (Lipinski definition) is 0. The number of rotatable bonds is 10.